The van der Waals surface area contributed by atoms with Crippen molar-refractivity contribution in [3.05, 3.63) is 23.8 Å². The summed E-state index contributed by atoms with van der Waals surface area (Å²) in [6.07, 6.45) is 7.94. The molecule has 0 bridgehead atoms. The Morgan fingerprint density at radius 2 is 1.79 bits per heavy atom. The van der Waals surface area contributed by atoms with Crippen molar-refractivity contribution in [1.29, 1.82) is 0 Å². The molecule has 0 aromatic rings. The topological polar surface area (TPSA) is 72.8 Å². The first-order chi connectivity index (χ1) is 12.9. The molecule has 160 valence electrons. The molecular weight excluding hydrogens is 356 g/mol. The van der Waals surface area contributed by atoms with Gasteiger partial charge in [0, 0.05) is 18.1 Å². The minimum Gasteiger partial charge on any atom is -0.457 e. The van der Waals surface area contributed by atoms with Crippen molar-refractivity contribution >= 4 is 11.9 Å². The fourth-order valence-electron chi connectivity index (χ4n) is 3.56. The average molecular weight is 395 g/mol. The summed E-state index contributed by atoms with van der Waals surface area (Å²) in [5.74, 6) is 0.775. The number of ether oxygens (including phenoxy) is 2. The predicted octanol–water partition coefficient (Wildman–Crippen LogP) is 4.59. The predicted molar refractivity (Wildman–Crippen MR) is 111 cm³/mol. The van der Waals surface area contributed by atoms with E-state index in [-0.39, 0.29) is 13.0 Å². The molecule has 1 heterocycles. The highest BCUT2D eigenvalue weighted by Crippen LogP contribution is 2.33. The van der Waals surface area contributed by atoms with E-state index in [1.165, 1.54) is 12.2 Å². The zero-order valence-electron chi connectivity index (χ0n) is 18.6. The first-order valence-corrected chi connectivity index (χ1v) is 10.3. The number of aliphatic hydroxyl groups is 1. The van der Waals surface area contributed by atoms with Gasteiger partial charge >= 0.3 is 11.9 Å². The Bertz CT molecular complexity index is 585. The van der Waals surface area contributed by atoms with E-state index in [4.69, 9.17) is 9.47 Å². The van der Waals surface area contributed by atoms with Crippen molar-refractivity contribution in [2.75, 3.05) is 6.61 Å². The Morgan fingerprint density at radius 3 is 2.25 bits per heavy atom. The molecule has 0 saturated carbocycles. The third-order valence-electron chi connectivity index (χ3n) is 4.55. The molecular formula is C23H38O5. The van der Waals surface area contributed by atoms with Crippen LogP contribution in [-0.2, 0) is 19.1 Å². The van der Waals surface area contributed by atoms with Crippen LogP contribution in [0.25, 0.3) is 0 Å². The summed E-state index contributed by atoms with van der Waals surface area (Å²) >= 11 is 0. The minimum atomic E-state index is -1.19. The fraction of sp³-hybridized carbons (Fsp3) is 0.739. The maximum atomic E-state index is 12.3. The first-order valence-electron chi connectivity index (χ1n) is 10.3. The maximum Gasteiger partial charge on any atom is 0.334 e. The summed E-state index contributed by atoms with van der Waals surface area (Å²) in [6, 6.07) is 0. The average Bonchev–Trinajstić information content (AvgIpc) is 2.85. The van der Waals surface area contributed by atoms with Gasteiger partial charge < -0.3 is 14.6 Å². The van der Waals surface area contributed by atoms with Crippen LogP contribution in [0.1, 0.15) is 74.1 Å². The van der Waals surface area contributed by atoms with E-state index in [0.29, 0.717) is 23.3 Å². The van der Waals surface area contributed by atoms with Crippen LogP contribution >= 0.6 is 0 Å². The van der Waals surface area contributed by atoms with Crippen molar-refractivity contribution in [2.24, 2.45) is 17.8 Å². The molecule has 1 N–H and O–H groups in total. The highest BCUT2D eigenvalue weighted by Gasteiger charge is 2.41. The first kappa shape index (κ1) is 24.4. The molecule has 1 rings (SSSR count). The van der Waals surface area contributed by atoms with Gasteiger partial charge in [-0.25, -0.2) is 9.59 Å². The molecule has 0 aromatic heterocycles. The molecule has 1 aliphatic rings. The van der Waals surface area contributed by atoms with Crippen LogP contribution in [0, 0.1) is 17.8 Å². The van der Waals surface area contributed by atoms with Crippen molar-refractivity contribution in [3.8, 4) is 0 Å². The van der Waals surface area contributed by atoms with Crippen LogP contribution in [0.5, 0.6) is 0 Å². The normalized spacial score (nSPS) is 22.1. The van der Waals surface area contributed by atoms with E-state index in [1.807, 2.05) is 6.08 Å². The summed E-state index contributed by atoms with van der Waals surface area (Å²) in [5.41, 5.74) is -1.22. The zero-order chi connectivity index (χ0) is 21.5. The number of esters is 2. The number of aliphatic hydroxyl groups excluding tert-OH is 1. The molecule has 0 amide bonds. The summed E-state index contributed by atoms with van der Waals surface area (Å²) in [7, 11) is 0. The van der Waals surface area contributed by atoms with Gasteiger partial charge in [-0.3, -0.25) is 0 Å². The summed E-state index contributed by atoms with van der Waals surface area (Å²) in [6.45, 7) is 13.8. The van der Waals surface area contributed by atoms with E-state index in [9.17, 15) is 14.7 Å². The molecule has 1 atom stereocenters. The Balaban J connectivity index is 2.84. The highest BCUT2D eigenvalue weighted by molar-refractivity contribution is 5.92. The van der Waals surface area contributed by atoms with Crippen LogP contribution in [0.4, 0.5) is 0 Å². The molecule has 1 aliphatic heterocycles. The number of cyclic esters (lactones) is 1. The Labute approximate surface area is 170 Å². The lowest BCUT2D eigenvalue weighted by Gasteiger charge is -2.21. The van der Waals surface area contributed by atoms with Crippen LogP contribution in [0.3, 0.4) is 0 Å². The molecule has 1 fully saturated rings. The Hall–Kier alpha value is -1.62. The van der Waals surface area contributed by atoms with Crippen LogP contribution < -0.4 is 0 Å². The number of carbonyl (C=O) groups is 2. The standard InChI is InChI=1S/C23H38O5/c1-16(2)12-18(13-17(3)4)8-9-19-14-23(15-24,28-21(19)26)11-10-20(25)27-22(5,6)7/h9-11,16-18,24H,8,12-15H2,1-7H3/b11-10+,19-9+. The smallest absolute Gasteiger partial charge is 0.334 e. The van der Waals surface area contributed by atoms with Gasteiger partial charge in [0.2, 0.25) is 0 Å². The van der Waals surface area contributed by atoms with E-state index in [2.05, 4.69) is 27.7 Å². The zero-order valence-corrected chi connectivity index (χ0v) is 18.6. The molecule has 0 spiro atoms. The van der Waals surface area contributed by atoms with Gasteiger partial charge in [0.15, 0.2) is 5.60 Å². The lowest BCUT2D eigenvalue weighted by Crippen LogP contribution is -2.31. The lowest BCUT2D eigenvalue weighted by atomic mass is 9.86. The van der Waals surface area contributed by atoms with Crippen molar-refractivity contribution < 1.29 is 24.2 Å². The quantitative estimate of drug-likeness (QED) is 0.457. The Kier molecular flexibility index (Phi) is 8.93. The van der Waals surface area contributed by atoms with E-state index in [1.54, 1.807) is 20.8 Å². The SMILES string of the molecule is CC(C)CC(C/C=C1\CC(/C=C/C(=O)OC(C)(C)C)(CO)OC1=O)CC(C)C. The number of allylic oxidation sites excluding steroid dienone is 1. The lowest BCUT2D eigenvalue weighted by molar-refractivity contribution is -0.150. The Morgan fingerprint density at radius 1 is 1.21 bits per heavy atom. The molecule has 1 unspecified atom stereocenters. The van der Waals surface area contributed by atoms with Gasteiger partial charge in [-0.2, -0.15) is 0 Å². The molecule has 5 heteroatoms. The number of hydrogen-bond donors (Lipinski definition) is 1. The van der Waals surface area contributed by atoms with Crippen LogP contribution in [-0.4, -0.2) is 34.9 Å². The summed E-state index contributed by atoms with van der Waals surface area (Å²) in [5, 5.41) is 9.81. The van der Waals surface area contributed by atoms with Crippen molar-refractivity contribution in [3.63, 3.8) is 0 Å². The third-order valence-corrected chi connectivity index (χ3v) is 4.55. The monoisotopic (exact) mass is 394 g/mol. The van der Waals surface area contributed by atoms with Crippen LogP contribution in [0.2, 0.25) is 0 Å². The highest BCUT2D eigenvalue weighted by atomic mass is 16.6. The second-order valence-corrected chi connectivity index (χ2v) is 9.75. The maximum absolute atomic E-state index is 12.3. The number of rotatable bonds is 9. The fourth-order valence-corrected chi connectivity index (χ4v) is 3.56. The molecule has 1 saturated heterocycles. The van der Waals surface area contributed by atoms with E-state index >= 15 is 0 Å². The molecule has 0 aliphatic carbocycles. The second-order valence-electron chi connectivity index (χ2n) is 9.75. The summed E-state index contributed by atoms with van der Waals surface area (Å²) in [4.78, 5) is 24.2. The van der Waals surface area contributed by atoms with Crippen molar-refractivity contribution in [2.45, 2.75) is 85.4 Å². The number of carbonyl (C=O) groups excluding carboxylic acids is 2. The second kappa shape index (κ2) is 10.2. The van der Waals surface area contributed by atoms with E-state index < -0.39 is 23.1 Å². The summed E-state index contributed by atoms with van der Waals surface area (Å²) < 4.78 is 10.7. The molecule has 0 radical (unpaired) electrons. The minimum absolute atomic E-state index is 0.262. The van der Waals surface area contributed by atoms with E-state index in [0.717, 1.165) is 19.3 Å². The van der Waals surface area contributed by atoms with Gasteiger partial charge in [0.05, 0.1) is 6.61 Å². The van der Waals surface area contributed by atoms with Crippen LogP contribution in [0.15, 0.2) is 23.8 Å². The molecule has 28 heavy (non-hydrogen) atoms. The van der Waals surface area contributed by atoms with Gasteiger partial charge in [-0.1, -0.05) is 33.8 Å². The van der Waals surface area contributed by atoms with Gasteiger partial charge in [-0.05, 0) is 63.9 Å². The number of hydrogen-bond acceptors (Lipinski definition) is 5. The van der Waals surface area contributed by atoms with Crippen molar-refractivity contribution in [1.82, 2.24) is 0 Å². The van der Waals surface area contributed by atoms with Gasteiger partial charge in [-0.15, -0.1) is 0 Å². The molecule has 5 nitrogen and oxygen atoms in total. The third kappa shape index (κ3) is 8.59. The van der Waals surface area contributed by atoms with Gasteiger partial charge in [0.1, 0.15) is 5.60 Å². The van der Waals surface area contributed by atoms with Gasteiger partial charge in [0.25, 0.3) is 0 Å². The largest absolute Gasteiger partial charge is 0.457 e. The molecule has 0 aromatic carbocycles.